The van der Waals surface area contributed by atoms with Gasteiger partial charge in [0.15, 0.2) is 0 Å². The van der Waals surface area contributed by atoms with Gasteiger partial charge in [-0.1, -0.05) is 19.9 Å². The maximum atomic E-state index is 12.7. The largest absolute Gasteiger partial charge is 0.444 e. The van der Waals surface area contributed by atoms with Gasteiger partial charge in [0.1, 0.15) is 17.1 Å². The molecule has 4 aromatic heterocycles. The van der Waals surface area contributed by atoms with Crippen LogP contribution in [0, 0.1) is 5.92 Å². The Morgan fingerprint density at radius 1 is 1.03 bits per heavy atom. The van der Waals surface area contributed by atoms with E-state index in [1.165, 1.54) is 12.8 Å². The lowest BCUT2D eigenvalue weighted by Gasteiger charge is -2.33. The molecule has 6 rings (SSSR count). The zero-order valence-electron chi connectivity index (χ0n) is 23.4. The fourth-order valence-corrected chi connectivity index (χ4v) is 6.00. The molecule has 1 N–H and O–H groups in total. The third-order valence-corrected chi connectivity index (χ3v) is 7.92. The second-order valence-electron chi connectivity index (χ2n) is 12.2. The molecule has 4 aromatic rings. The molecule has 1 aliphatic carbocycles. The molecule has 1 fully saturated rings. The van der Waals surface area contributed by atoms with Crippen molar-refractivity contribution in [1.29, 1.82) is 0 Å². The monoisotopic (exact) mass is 527 g/mol. The number of nitrogens with one attached hydrogen (secondary N) is 1. The molecule has 0 spiro atoms. The van der Waals surface area contributed by atoms with Crippen LogP contribution in [0.1, 0.15) is 83.5 Å². The lowest BCUT2D eigenvalue weighted by molar-refractivity contribution is 0.0207. The van der Waals surface area contributed by atoms with Gasteiger partial charge >= 0.3 is 6.09 Å². The Kier molecular flexibility index (Phi) is 6.40. The van der Waals surface area contributed by atoms with Crippen LogP contribution in [0.4, 0.5) is 16.6 Å². The molecule has 5 heterocycles. The Labute approximate surface area is 229 Å². The van der Waals surface area contributed by atoms with Gasteiger partial charge < -0.3 is 19.5 Å². The number of rotatable bonds is 3. The first-order chi connectivity index (χ1) is 18.7. The van der Waals surface area contributed by atoms with Crippen molar-refractivity contribution in [2.45, 2.75) is 84.4 Å². The summed E-state index contributed by atoms with van der Waals surface area (Å²) in [6, 6.07) is 6.42. The molecule has 0 bridgehead atoms. The van der Waals surface area contributed by atoms with Crippen molar-refractivity contribution in [2.24, 2.45) is 5.92 Å². The average Bonchev–Trinajstić information content (AvgIpc) is 3.22. The summed E-state index contributed by atoms with van der Waals surface area (Å²) in [7, 11) is 0. The highest BCUT2D eigenvalue weighted by Gasteiger charge is 2.30. The Hall–Kier alpha value is -3.75. The van der Waals surface area contributed by atoms with E-state index in [0.717, 1.165) is 52.0 Å². The van der Waals surface area contributed by atoms with Crippen LogP contribution in [0.5, 0.6) is 0 Å². The molecule has 1 amide bonds. The maximum absolute atomic E-state index is 12.7. The molecule has 1 aliphatic heterocycles. The topological polar surface area (TPSA) is 98.1 Å². The van der Waals surface area contributed by atoms with E-state index in [-0.39, 0.29) is 12.0 Å². The van der Waals surface area contributed by atoms with Gasteiger partial charge in [-0.2, -0.15) is 4.98 Å². The van der Waals surface area contributed by atoms with Gasteiger partial charge in [-0.25, -0.2) is 14.8 Å². The van der Waals surface area contributed by atoms with Crippen molar-refractivity contribution in [3.8, 4) is 0 Å². The standard InChI is InChI=1S/C30H37N7O2/c1-18-6-9-21(10-7-18)37-24-15-31-13-12-22(24)23-14-32-28(35-27(23)37)34-25-11-8-20-17-36(16-19(2)26(20)33-25)29(38)39-30(3,4)5/h8,11-15,18-19,21H,6-7,9-10,16-17H2,1-5H3,(H,32,33,34,35). The van der Waals surface area contributed by atoms with Crippen molar-refractivity contribution in [3.05, 3.63) is 48.0 Å². The molecule has 9 nitrogen and oxygen atoms in total. The first-order valence-corrected chi connectivity index (χ1v) is 14.0. The van der Waals surface area contributed by atoms with Crippen molar-refractivity contribution in [1.82, 2.24) is 29.4 Å². The number of ether oxygens (including phenoxy) is 1. The SMILES string of the molecule is CC1CCC(n2c3cnccc3c3cnc(Nc4ccc5c(n4)C(C)CN(C(=O)OC(C)(C)C)C5)nc32)CC1. The lowest BCUT2D eigenvalue weighted by atomic mass is 9.87. The summed E-state index contributed by atoms with van der Waals surface area (Å²) in [5.41, 5.74) is 3.55. The van der Waals surface area contributed by atoms with Crippen LogP contribution in [-0.2, 0) is 11.3 Å². The third kappa shape index (κ3) is 5.02. The minimum absolute atomic E-state index is 0.0788. The zero-order valence-corrected chi connectivity index (χ0v) is 23.4. The molecule has 39 heavy (non-hydrogen) atoms. The van der Waals surface area contributed by atoms with Gasteiger partial charge in [0.05, 0.1) is 24.0 Å². The lowest BCUT2D eigenvalue weighted by Crippen LogP contribution is -2.41. The van der Waals surface area contributed by atoms with Crippen LogP contribution in [0.3, 0.4) is 0 Å². The quantitative estimate of drug-likeness (QED) is 0.316. The van der Waals surface area contributed by atoms with Crippen LogP contribution < -0.4 is 5.32 Å². The highest BCUT2D eigenvalue weighted by Crippen LogP contribution is 2.38. The van der Waals surface area contributed by atoms with Crippen molar-refractivity contribution >= 4 is 39.8 Å². The molecule has 2 aliphatic rings. The van der Waals surface area contributed by atoms with Gasteiger partial charge in [-0.15, -0.1) is 0 Å². The van der Waals surface area contributed by atoms with Gasteiger partial charge in [0, 0.05) is 41.7 Å². The molecule has 1 saturated carbocycles. The summed E-state index contributed by atoms with van der Waals surface area (Å²) in [6.45, 7) is 11.1. The van der Waals surface area contributed by atoms with Crippen LogP contribution in [0.15, 0.2) is 36.8 Å². The molecular formula is C30H37N7O2. The van der Waals surface area contributed by atoms with Crippen LogP contribution >= 0.6 is 0 Å². The Balaban J connectivity index is 1.29. The summed E-state index contributed by atoms with van der Waals surface area (Å²) in [4.78, 5) is 33.4. The second-order valence-corrected chi connectivity index (χ2v) is 12.2. The van der Waals surface area contributed by atoms with E-state index in [4.69, 9.17) is 14.7 Å². The number of nitrogens with zero attached hydrogens (tertiary/aromatic N) is 6. The molecule has 9 heteroatoms. The Bertz CT molecular complexity index is 1530. The van der Waals surface area contributed by atoms with Crippen LogP contribution in [0.2, 0.25) is 0 Å². The Morgan fingerprint density at radius 2 is 1.82 bits per heavy atom. The number of amides is 1. The van der Waals surface area contributed by atoms with E-state index in [9.17, 15) is 4.79 Å². The van der Waals surface area contributed by atoms with E-state index in [1.54, 1.807) is 4.90 Å². The van der Waals surface area contributed by atoms with E-state index in [2.05, 4.69) is 39.8 Å². The third-order valence-electron chi connectivity index (χ3n) is 7.92. The number of anilines is 2. The zero-order chi connectivity index (χ0) is 27.3. The van der Waals surface area contributed by atoms with Gasteiger partial charge in [-0.3, -0.25) is 4.98 Å². The van der Waals surface area contributed by atoms with Crippen LogP contribution in [-0.4, -0.2) is 47.6 Å². The summed E-state index contributed by atoms with van der Waals surface area (Å²) >= 11 is 0. The fourth-order valence-electron chi connectivity index (χ4n) is 6.00. The first kappa shape index (κ1) is 25.5. The average molecular weight is 528 g/mol. The number of pyridine rings is 2. The number of hydrogen-bond acceptors (Lipinski definition) is 7. The van der Waals surface area contributed by atoms with E-state index in [1.807, 2.05) is 51.5 Å². The maximum Gasteiger partial charge on any atom is 0.410 e. The highest BCUT2D eigenvalue weighted by atomic mass is 16.6. The summed E-state index contributed by atoms with van der Waals surface area (Å²) in [5.74, 6) is 2.07. The van der Waals surface area contributed by atoms with Crippen LogP contribution in [0.25, 0.3) is 21.9 Å². The molecule has 0 aromatic carbocycles. The minimum atomic E-state index is -0.522. The fraction of sp³-hybridized carbons (Fsp3) is 0.500. The number of carbonyl (C=O) groups excluding carboxylic acids is 1. The predicted octanol–water partition coefficient (Wildman–Crippen LogP) is 6.72. The second kappa shape index (κ2) is 9.77. The molecule has 0 radical (unpaired) electrons. The highest BCUT2D eigenvalue weighted by molar-refractivity contribution is 6.06. The van der Waals surface area contributed by atoms with E-state index < -0.39 is 5.60 Å². The molecule has 1 atom stereocenters. The van der Waals surface area contributed by atoms with Crippen molar-refractivity contribution < 1.29 is 9.53 Å². The minimum Gasteiger partial charge on any atom is -0.444 e. The van der Waals surface area contributed by atoms with Crippen molar-refractivity contribution in [2.75, 3.05) is 11.9 Å². The number of aromatic nitrogens is 5. The van der Waals surface area contributed by atoms with Crippen molar-refractivity contribution in [3.63, 3.8) is 0 Å². The van der Waals surface area contributed by atoms with Gasteiger partial charge in [0.2, 0.25) is 5.95 Å². The van der Waals surface area contributed by atoms with E-state index in [0.29, 0.717) is 30.9 Å². The Morgan fingerprint density at radius 3 is 2.59 bits per heavy atom. The molecule has 0 saturated heterocycles. The first-order valence-electron chi connectivity index (χ1n) is 14.0. The summed E-state index contributed by atoms with van der Waals surface area (Å²) in [5, 5.41) is 5.53. The molecular weight excluding hydrogens is 490 g/mol. The number of fused-ring (bicyclic) bond motifs is 4. The molecule has 204 valence electrons. The predicted molar refractivity (Wildman–Crippen MR) is 152 cm³/mol. The van der Waals surface area contributed by atoms with Gasteiger partial charge in [0.25, 0.3) is 0 Å². The molecule has 1 unspecified atom stereocenters. The number of carbonyl (C=O) groups is 1. The smallest absolute Gasteiger partial charge is 0.410 e. The van der Waals surface area contributed by atoms with Gasteiger partial charge in [-0.05, 0) is 70.1 Å². The summed E-state index contributed by atoms with van der Waals surface area (Å²) in [6.07, 6.45) is 10.2. The normalized spacial score (nSPS) is 21.7. The van der Waals surface area contributed by atoms with E-state index >= 15 is 0 Å². The summed E-state index contributed by atoms with van der Waals surface area (Å²) < 4.78 is 7.97. The number of hydrogen-bond donors (Lipinski definition) is 1.